The number of hydrogen-bond donors (Lipinski definition) is 1. The van der Waals surface area contributed by atoms with Crippen LogP contribution in [0.25, 0.3) is 0 Å². The molecule has 0 aliphatic heterocycles. The largest absolute Gasteiger partial charge is 0.477 e. The van der Waals surface area contributed by atoms with Crippen molar-refractivity contribution in [1.29, 1.82) is 0 Å². The molecule has 0 aromatic carbocycles. The maximum atomic E-state index is 12.7. The molecule has 0 aromatic heterocycles. The molecule has 8 heteroatoms. The third-order valence-electron chi connectivity index (χ3n) is 10.6. The zero-order chi connectivity index (χ0) is 41.4. The monoisotopic (exact) mass is 793 g/mol. The third-order valence-corrected chi connectivity index (χ3v) is 10.6. The van der Waals surface area contributed by atoms with Crippen molar-refractivity contribution in [1.82, 2.24) is 0 Å². The van der Waals surface area contributed by atoms with E-state index in [9.17, 15) is 19.5 Å². The van der Waals surface area contributed by atoms with Crippen molar-refractivity contribution < 1.29 is 38.2 Å². The minimum Gasteiger partial charge on any atom is -0.477 e. The molecule has 0 fully saturated rings. The van der Waals surface area contributed by atoms with Gasteiger partial charge in [0.1, 0.15) is 6.61 Å². The summed E-state index contributed by atoms with van der Waals surface area (Å²) in [7, 11) is 5.53. The van der Waals surface area contributed by atoms with Crippen LogP contribution in [-0.4, -0.2) is 80.6 Å². The van der Waals surface area contributed by atoms with Crippen molar-refractivity contribution in [3.05, 3.63) is 24.3 Å². The first-order valence-corrected chi connectivity index (χ1v) is 23.4. The van der Waals surface area contributed by atoms with E-state index in [0.29, 0.717) is 19.3 Å². The zero-order valence-electron chi connectivity index (χ0n) is 37.3. The van der Waals surface area contributed by atoms with E-state index in [1.165, 1.54) is 135 Å². The molecule has 0 saturated heterocycles. The van der Waals surface area contributed by atoms with Gasteiger partial charge < -0.3 is 23.8 Å². The van der Waals surface area contributed by atoms with Crippen molar-refractivity contribution in [3.63, 3.8) is 0 Å². The van der Waals surface area contributed by atoms with E-state index >= 15 is 0 Å². The van der Waals surface area contributed by atoms with Crippen molar-refractivity contribution in [2.24, 2.45) is 0 Å². The van der Waals surface area contributed by atoms with Crippen LogP contribution >= 0.6 is 0 Å². The number of carbonyl (C=O) groups excluding carboxylic acids is 2. The molecule has 0 amide bonds. The molecule has 0 heterocycles. The van der Waals surface area contributed by atoms with E-state index in [1.54, 1.807) is 0 Å². The molecular weight excluding hydrogens is 703 g/mol. The summed E-state index contributed by atoms with van der Waals surface area (Å²) in [5.74, 6) is -1.47. The summed E-state index contributed by atoms with van der Waals surface area (Å²) in [6.07, 6.45) is 43.6. The number of likely N-dealkylation sites (N-methyl/N-ethyl adjacent to an activating group) is 1. The maximum absolute atomic E-state index is 12.7. The van der Waals surface area contributed by atoms with Crippen LogP contribution in [-0.2, 0) is 28.6 Å². The van der Waals surface area contributed by atoms with Crippen molar-refractivity contribution in [2.75, 3.05) is 41.0 Å². The average Bonchev–Trinajstić information content (AvgIpc) is 3.15. The van der Waals surface area contributed by atoms with Gasteiger partial charge in [0, 0.05) is 19.3 Å². The molecule has 2 unspecified atom stereocenters. The second kappa shape index (κ2) is 39.6. The van der Waals surface area contributed by atoms with Gasteiger partial charge in [0.05, 0.1) is 34.4 Å². The molecule has 2 atom stereocenters. The first-order chi connectivity index (χ1) is 27.1. The summed E-state index contributed by atoms with van der Waals surface area (Å²) in [4.78, 5) is 37.0. The van der Waals surface area contributed by atoms with Gasteiger partial charge in [0.15, 0.2) is 12.1 Å². The summed E-state index contributed by atoms with van der Waals surface area (Å²) < 4.78 is 17.3. The van der Waals surface area contributed by atoms with E-state index in [4.69, 9.17) is 14.2 Å². The highest BCUT2D eigenvalue weighted by atomic mass is 16.6. The Morgan fingerprint density at radius 1 is 0.518 bits per heavy atom. The standard InChI is InChI=1S/C48H89NO7/c1-6-8-10-12-14-16-18-20-22-23-25-27-29-31-33-35-37-39-47(51)56-44(42-54-41-40-45(48(52)53)49(3,4)5)43-55-46(50)38-36-34-32-30-28-26-24-21-19-17-15-13-11-9-7-2/h20-22,24,44-45H,6-19,23,25-43H2,1-5H3/p+1/b22-20-,24-21-. The van der Waals surface area contributed by atoms with E-state index in [2.05, 4.69) is 38.2 Å². The molecular formula is C48H90NO7+. The number of nitrogens with zero attached hydrogens (tertiary/aromatic N) is 1. The molecule has 1 N–H and O–H groups in total. The number of quaternary nitrogens is 1. The predicted octanol–water partition coefficient (Wildman–Crippen LogP) is 12.9. The Morgan fingerprint density at radius 2 is 0.893 bits per heavy atom. The minimum absolute atomic E-state index is 0.0540. The fraction of sp³-hybridized carbons (Fsp3) is 0.854. The maximum Gasteiger partial charge on any atom is 0.362 e. The number of carboxylic acids is 1. The van der Waals surface area contributed by atoms with Gasteiger partial charge in [-0.1, -0.05) is 154 Å². The molecule has 0 rings (SSSR count). The number of ether oxygens (including phenoxy) is 3. The van der Waals surface area contributed by atoms with Crippen LogP contribution in [0, 0.1) is 0 Å². The highest BCUT2D eigenvalue weighted by molar-refractivity contribution is 5.72. The van der Waals surface area contributed by atoms with Crippen molar-refractivity contribution >= 4 is 17.9 Å². The highest BCUT2D eigenvalue weighted by Gasteiger charge is 2.31. The number of esters is 2. The first-order valence-electron chi connectivity index (χ1n) is 23.4. The summed E-state index contributed by atoms with van der Waals surface area (Å²) in [5, 5.41) is 9.63. The fourth-order valence-corrected chi connectivity index (χ4v) is 6.90. The molecule has 0 bridgehead atoms. The molecule has 328 valence electrons. The number of rotatable bonds is 42. The Hall–Kier alpha value is -2.19. The molecule has 56 heavy (non-hydrogen) atoms. The second-order valence-electron chi connectivity index (χ2n) is 17.0. The van der Waals surface area contributed by atoms with Gasteiger partial charge in [-0.2, -0.15) is 0 Å². The van der Waals surface area contributed by atoms with E-state index in [1.807, 2.05) is 21.1 Å². The first kappa shape index (κ1) is 53.8. The Kier molecular flexibility index (Phi) is 38.1. The molecule has 8 nitrogen and oxygen atoms in total. The van der Waals surface area contributed by atoms with Crippen molar-refractivity contribution in [3.8, 4) is 0 Å². The average molecular weight is 793 g/mol. The Bertz CT molecular complexity index is 973. The molecule has 0 aromatic rings. The second-order valence-corrected chi connectivity index (χ2v) is 17.0. The lowest BCUT2D eigenvalue weighted by molar-refractivity contribution is -0.887. The summed E-state index contributed by atoms with van der Waals surface area (Å²) in [6.45, 7) is 4.73. The quantitative estimate of drug-likeness (QED) is 0.0284. The van der Waals surface area contributed by atoms with Crippen molar-refractivity contribution in [2.45, 2.75) is 225 Å². The number of hydrogen-bond acceptors (Lipinski definition) is 6. The van der Waals surface area contributed by atoms with Gasteiger partial charge in [-0.05, 0) is 64.2 Å². The van der Waals surface area contributed by atoms with Crippen LogP contribution in [0.2, 0.25) is 0 Å². The van der Waals surface area contributed by atoms with E-state index < -0.39 is 18.1 Å². The zero-order valence-corrected chi connectivity index (χ0v) is 37.3. The molecule has 0 radical (unpaired) electrons. The molecule has 0 saturated carbocycles. The minimum atomic E-state index is -0.875. The lowest BCUT2D eigenvalue weighted by Gasteiger charge is -2.31. The predicted molar refractivity (Wildman–Crippen MR) is 234 cm³/mol. The number of carbonyl (C=O) groups is 3. The van der Waals surface area contributed by atoms with Gasteiger partial charge in [-0.3, -0.25) is 9.59 Å². The smallest absolute Gasteiger partial charge is 0.362 e. The third kappa shape index (κ3) is 37.4. The number of unbranched alkanes of at least 4 members (excludes halogenated alkanes) is 24. The van der Waals surface area contributed by atoms with Crippen LogP contribution in [0.5, 0.6) is 0 Å². The van der Waals surface area contributed by atoms with Crippen LogP contribution in [0.1, 0.15) is 213 Å². The highest BCUT2D eigenvalue weighted by Crippen LogP contribution is 2.14. The van der Waals surface area contributed by atoms with Gasteiger partial charge in [-0.25, -0.2) is 4.79 Å². The molecule has 0 aliphatic rings. The number of carboxylic acid groups (broad SMARTS) is 1. The molecule has 0 spiro atoms. The van der Waals surface area contributed by atoms with Gasteiger partial charge in [0.25, 0.3) is 0 Å². The van der Waals surface area contributed by atoms with Gasteiger partial charge >= 0.3 is 17.9 Å². The van der Waals surface area contributed by atoms with E-state index in [-0.39, 0.29) is 36.2 Å². The Labute approximate surface area is 345 Å². The van der Waals surface area contributed by atoms with E-state index in [0.717, 1.165) is 44.9 Å². The fourth-order valence-electron chi connectivity index (χ4n) is 6.90. The van der Waals surface area contributed by atoms with Gasteiger partial charge in [0.2, 0.25) is 0 Å². The summed E-state index contributed by atoms with van der Waals surface area (Å²) in [6, 6.07) is -0.614. The van der Waals surface area contributed by atoms with Crippen LogP contribution in [0.4, 0.5) is 0 Å². The topological polar surface area (TPSA) is 99.1 Å². The lowest BCUT2D eigenvalue weighted by Crippen LogP contribution is -2.50. The Morgan fingerprint density at radius 3 is 1.29 bits per heavy atom. The molecule has 0 aliphatic carbocycles. The SMILES string of the molecule is CCCCCCCC/C=C\CCCCCCCCCC(=O)OC(COCCC(C(=O)O)[N+](C)(C)C)COC(=O)CCCCCCC/C=C\CCCCCCCC. The number of aliphatic carboxylic acids is 1. The van der Waals surface area contributed by atoms with Crippen LogP contribution < -0.4 is 0 Å². The van der Waals surface area contributed by atoms with Gasteiger partial charge in [-0.15, -0.1) is 0 Å². The normalized spacial score (nSPS) is 13.1. The summed E-state index contributed by atoms with van der Waals surface area (Å²) >= 11 is 0. The van der Waals surface area contributed by atoms with Crippen LogP contribution in [0.15, 0.2) is 24.3 Å². The number of allylic oxidation sites excluding steroid dienone is 4. The van der Waals surface area contributed by atoms with Crippen LogP contribution in [0.3, 0.4) is 0 Å². The lowest BCUT2D eigenvalue weighted by atomic mass is 10.1. The Balaban J connectivity index is 4.32. The summed E-state index contributed by atoms with van der Waals surface area (Å²) in [5.41, 5.74) is 0.